The summed E-state index contributed by atoms with van der Waals surface area (Å²) >= 11 is 0. The van der Waals surface area contributed by atoms with Gasteiger partial charge < -0.3 is 15.2 Å². The highest BCUT2D eigenvalue weighted by molar-refractivity contribution is 5.52. The van der Waals surface area contributed by atoms with Crippen molar-refractivity contribution in [2.45, 2.75) is 26.3 Å². The van der Waals surface area contributed by atoms with Gasteiger partial charge in [0.25, 0.3) is 0 Å². The molecule has 0 aliphatic rings. The van der Waals surface area contributed by atoms with Crippen LogP contribution in [0.4, 0.5) is 5.69 Å². The van der Waals surface area contributed by atoms with E-state index in [1.54, 1.807) is 0 Å². The van der Waals surface area contributed by atoms with Gasteiger partial charge in [-0.05, 0) is 32.4 Å². The molecular formula is C13H21NO2. The summed E-state index contributed by atoms with van der Waals surface area (Å²) < 4.78 is 5.38. The molecule has 3 heteroatoms. The van der Waals surface area contributed by atoms with Crippen LogP contribution in [0.15, 0.2) is 24.3 Å². The Morgan fingerprint density at radius 2 is 2.06 bits per heavy atom. The Balaban J connectivity index is 2.72. The number of aliphatic hydroxyl groups excluding tert-OH is 1. The maximum Gasteiger partial charge on any atom is 0.0809 e. The first-order valence-corrected chi connectivity index (χ1v) is 5.64. The van der Waals surface area contributed by atoms with Crippen LogP contribution in [0.2, 0.25) is 0 Å². The number of aliphatic hydroxyl groups is 1. The van der Waals surface area contributed by atoms with Crippen molar-refractivity contribution in [1.29, 1.82) is 0 Å². The zero-order valence-electron chi connectivity index (χ0n) is 10.3. The van der Waals surface area contributed by atoms with Crippen molar-refractivity contribution >= 4 is 5.69 Å². The van der Waals surface area contributed by atoms with Crippen LogP contribution < -0.4 is 5.32 Å². The predicted octanol–water partition coefficient (Wildman–Crippen LogP) is 2.19. The third kappa shape index (κ3) is 3.51. The molecule has 1 unspecified atom stereocenters. The molecule has 0 spiro atoms. The SMILES string of the molecule is CCOCC(C)(CO)Nc1ccccc1C. The first-order chi connectivity index (χ1) is 7.61. The van der Waals surface area contributed by atoms with Gasteiger partial charge in [0.1, 0.15) is 0 Å². The molecule has 16 heavy (non-hydrogen) atoms. The number of rotatable bonds is 6. The predicted molar refractivity (Wildman–Crippen MR) is 66.8 cm³/mol. The van der Waals surface area contributed by atoms with Gasteiger partial charge in [0.2, 0.25) is 0 Å². The summed E-state index contributed by atoms with van der Waals surface area (Å²) in [6, 6.07) is 8.03. The van der Waals surface area contributed by atoms with Gasteiger partial charge in [0.15, 0.2) is 0 Å². The van der Waals surface area contributed by atoms with Gasteiger partial charge in [0.05, 0.1) is 18.8 Å². The van der Waals surface area contributed by atoms with Crippen LogP contribution in [0, 0.1) is 6.92 Å². The highest BCUT2D eigenvalue weighted by Gasteiger charge is 2.23. The number of benzene rings is 1. The normalized spacial score (nSPS) is 14.5. The molecule has 1 rings (SSSR count). The van der Waals surface area contributed by atoms with E-state index in [0.717, 1.165) is 5.69 Å². The molecule has 90 valence electrons. The minimum atomic E-state index is -0.428. The first kappa shape index (κ1) is 13.0. The van der Waals surface area contributed by atoms with Crippen LogP contribution in [0.3, 0.4) is 0 Å². The summed E-state index contributed by atoms with van der Waals surface area (Å²) in [4.78, 5) is 0. The molecule has 0 fully saturated rings. The molecule has 0 saturated carbocycles. The van der Waals surface area contributed by atoms with E-state index in [4.69, 9.17) is 4.74 Å². The molecule has 2 N–H and O–H groups in total. The average molecular weight is 223 g/mol. The lowest BCUT2D eigenvalue weighted by atomic mass is 10.0. The summed E-state index contributed by atoms with van der Waals surface area (Å²) in [5.41, 5.74) is 1.78. The quantitative estimate of drug-likeness (QED) is 0.776. The maximum absolute atomic E-state index is 9.42. The van der Waals surface area contributed by atoms with Gasteiger partial charge in [-0.15, -0.1) is 0 Å². The van der Waals surface area contributed by atoms with Gasteiger partial charge in [-0.25, -0.2) is 0 Å². The maximum atomic E-state index is 9.42. The molecule has 0 aliphatic carbocycles. The Labute approximate surface area is 97.4 Å². The molecule has 0 amide bonds. The van der Waals surface area contributed by atoms with Gasteiger partial charge in [-0.1, -0.05) is 18.2 Å². The number of hydrogen-bond donors (Lipinski definition) is 2. The molecule has 0 aliphatic heterocycles. The molecular weight excluding hydrogens is 202 g/mol. The Morgan fingerprint density at radius 1 is 1.38 bits per heavy atom. The van der Waals surface area contributed by atoms with E-state index >= 15 is 0 Å². The molecule has 3 nitrogen and oxygen atoms in total. The minimum absolute atomic E-state index is 0.0430. The van der Waals surface area contributed by atoms with Gasteiger partial charge in [0, 0.05) is 12.3 Å². The summed E-state index contributed by atoms with van der Waals surface area (Å²) in [6.45, 7) is 7.14. The summed E-state index contributed by atoms with van der Waals surface area (Å²) in [6.07, 6.45) is 0. The lowest BCUT2D eigenvalue weighted by Gasteiger charge is -2.30. The van der Waals surface area contributed by atoms with Crippen LogP contribution in [-0.2, 0) is 4.74 Å². The minimum Gasteiger partial charge on any atom is -0.394 e. The number of nitrogens with one attached hydrogen (secondary N) is 1. The topological polar surface area (TPSA) is 41.5 Å². The van der Waals surface area contributed by atoms with Crippen LogP contribution in [0.25, 0.3) is 0 Å². The monoisotopic (exact) mass is 223 g/mol. The fraction of sp³-hybridized carbons (Fsp3) is 0.538. The number of hydrogen-bond acceptors (Lipinski definition) is 3. The van der Waals surface area contributed by atoms with Crippen molar-refractivity contribution in [2.24, 2.45) is 0 Å². The largest absolute Gasteiger partial charge is 0.394 e. The lowest BCUT2D eigenvalue weighted by molar-refractivity contribution is 0.0796. The van der Waals surface area contributed by atoms with Crippen molar-refractivity contribution in [3.8, 4) is 0 Å². The number of anilines is 1. The molecule has 0 saturated heterocycles. The van der Waals surface area contributed by atoms with E-state index in [-0.39, 0.29) is 6.61 Å². The summed E-state index contributed by atoms with van der Waals surface area (Å²) in [7, 11) is 0. The van der Waals surface area contributed by atoms with Crippen molar-refractivity contribution in [1.82, 2.24) is 0 Å². The highest BCUT2D eigenvalue weighted by Crippen LogP contribution is 2.19. The average Bonchev–Trinajstić information content (AvgIpc) is 2.30. The zero-order chi connectivity index (χ0) is 12.0. The second kappa shape index (κ2) is 5.87. The van der Waals surface area contributed by atoms with E-state index < -0.39 is 5.54 Å². The second-order valence-electron chi connectivity index (χ2n) is 4.30. The van der Waals surface area contributed by atoms with Crippen LogP contribution in [-0.4, -0.2) is 30.5 Å². The summed E-state index contributed by atoms with van der Waals surface area (Å²) in [5.74, 6) is 0. The first-order valence-electron chi connectivity index (χ1n) is 5.64. The van der Waals surface area contributed by atoms with E-state index in [0.29, 0.717) is 13.2 Å². The number of aryl methyl sites for hydroxylation is 1. The second-order valence-corrected chi connectivity index (χ2v) is 4.30. The summed E-state index contributed by atoms with van der Waals surface area (Å²) in [5, 5.41) is 12.8. The molecule has 0 bridgehead atoms. The Morgan fingerprint density at radius 3 is 2.62 bits per heavy atom. The van der Waals surface area contributed by atoms with E-state index in [1.165, 1.54) is 5.56 Å². The number of para-hydroxylation sites is 1. The molecule has 0 heterocycles. The van der Waals surface area contributed by atoms with E-state index in [2.05, 4.69) is 5.32 Å². The number of ether oxygens (including phenoxy) is 1. The van der Waals surface area contributed by atoms with Crippen LogP contribution >= 0.6 is 0 Å². The van der Waals surface area contributed by atoms with E-state index in [1.807, 2.05) is 45.0 Å². The lowest BCUT2D eigenvalue weighted by Crippen LogP contribution is -2.43. The van der Waals surface area contributed by atoms with Crippen molar-refractivity contribution < 1.29 is 9.84 Å². The molecule has 0 aromatic heterocycles. The Hall–Kier alpha value is -1.06. The fourth-order valence-corrected chi connectivity index (χ4v) is 1.49. The molecule has 0 radical (unpaired) electrons. The van der Waals surface area contributed by atoms with Gasteiger partial charge >= 0.3 is 0 Å². The van der Waals surface area contributed by atoms with Gasteiger partial charge in [-0.2, -0.15) is 0 Å². The standard InChI is InChI=1S/C13H21NO2/c1-4-16-10-13(3,9-15)14-12-8-6-5-7-11(12)2/h5-8,14-15H,4,9-10H2,1-3H3. The molecule has 1 atom stereocenters. The molecule has 1 aromatic carbocycles. The van der Waals surface area contributed by atoms with Crippen molar-refractivity contribution in [2.75, 3.05) is 25.1 Å². The highest BCUT2D eigenvalue weighted by atomic mass is 16.5. The zero-order valence-corrected chi connectivity index (χ0v) is 10.3. The Bertz CT molecular complexity index is 327. The van der Waals surface area contributed by atoms with Gasteiger partial charge in [-0.3, -0.25) is 0 Å². The van der Waals surface area contributed by atoms with Crippen molar-refractivity contribution in [3.63, 3.8) is 0 Å². The third-order valence-electron chi connectivity index (χ3n) is 2.56. The van der Waals surface area contributed by atoms with E-state index in [9.17, 15) is 5.11 Å². The smallest absolute Gasteiger partial charge is 0.0809 e. The van der Waals surface area contributed by atoms with Crippen molar-refractivity contribution in [3.05, 3.63) is 29.8 Å². The molecule has 1 aromatic rings. The Kier molecular flexibility index (Phi) is 4.77. The van der Waals surface area contributed by atoms with Crippen LogP contribution in [0.5, 0.6) is 0 Å². The third-order valence-corrected chi connectivity index (χ3v) is 2.56. The van der Waals surface area contributed by atoms with Crippen LogP contribution in [0.1, 0.15) is 19.4 Å². The fourth-order valence-electron chi connectivity index (χ4n) is 1.49.